The zero-order chi connectivity index (χ0) is 17.3. The summed E-state index contributed by atoms with van der Waals surface area (Å²) in [6.45, 7) is 3.68. The van der Waals surface area contributed by atoms with Crippen molar-refractivity contribution in [3.63, 3.8) is 0 Å². The largest absolute Gasteiger partial charge is 0.492 e. The molecule has 0 aliphatic carbocycles. The standard InChI is InChI=1S/C19H16BrNO3/c1-3-24-18(13-7-5-4-6-8-13)17-15-10-9-14(20)11-16(15)21(12(2)22)19(17)23/h4-11H,3H2,1-2H3/b18-17+. The summed E-state index contributed by atoms with van der Waals surface area (Å²) in [6.07, 6.45) is 0. The van der Waals surface area contributed by atoms with Crippen molar-refractivity contribution in [2.24, 2.45) is 0 Å². The molecule has 0 saturated carbocycles. The summed E-state index contributed by atoms with van der Waals surface area (Å²) in [6, 6.07) is 14.9. The van der Waals surface area contributed by atoms with Gasteiger partial charge in [0.15, 0.2) is 0 Å². The molecule has 2 aromatic carbocycles. The average molecular weight is 386 g/mol. The number of carbonyl (C=O) groups excluding carboxylic acids is 2. The van der Waals surface area contributed by atoms with E-state index < -0.39 is 0 Å². The first-order valence-electron chi connectivity index (χ1n) is 7.62. The van der Waals surface area contributed by atoms with Gasteiger partial charge in [0.25, 0.3) is 5.91 Å². The molecule has 0 bridgehead atoms. The lowest BCUT2D eigenvalue weighted by atomic mass is 10.0. The summed E-state index contributed by atoms with van der Waals surface area (Å²) < 4.78 is 6.61. The highest BCUT2D eigenvalue weighted by Gasteiger charge is 2.38. The van der Waals surface area contributed by atoms with E-state index in [1.165, 1.54) is 11.8 Å². The number of rotatable bonds is 3. The summed E-state index contributed by atoms with van der Waals surface area (Å²) in [4.78, 5) is 26.2. The van der Waals surface area contributed by atoms with Gasteiger partial charge in [0.05, 0.1) is 17.9 Å². The van der Waals surface area contributed by atoms with E-state index >= 15 is 0 Å². The van der Waals surface area contributed by atoms with Crippen LogP contribution in [0.5, 0.6) is 0 Å². The van der Waals surface area contributed by atoms with E-state index in [2.05, 4.69) is 15.9 Å². The van der Waals surface area contributed by atoms with Crippen LogP contribution >= 0.6 is 15.9 Å². The van der Waals surface area contributed by atoms with Crippen molar-refractivity contribution in [3.8, 4) is 0 Å². The second-order valence-electron chi connectivity index (χ2n) is 5.32. The Morgan fingerprint density at radius 1 is 1.17 bits per heavy atom. The van der Waals surface area contributed by atoms with Crippen molar-refractivity contribution in [2.45, 2.75) is 13.8 Å². The van der Waals surface area contributed by atoms with Crippen LogP contribution in [-0.4, -0.2) is 18.4 Å². The average Bonchev–Trinajstić information content (AvgIpc) is 2.84. The van der Waals surface area contributed by atoms with E-state index in [0.717, 1.165) is 10.0 Å². The molecule has 3 rings (SSSR count). The number of fused-ring (bicyclic) bond motifs is 1. The number of hydrogen-bond donors (Lipinski definition) is 0. The van der Waals surface area contributed by atoms with E-state index in [9.17, 15) is 9.59 Å². The van der Waals surface area contributed by atoms with E-state index in [4.69, 9.17) is 4.74 Å². The molecule has 0 spiro atoms. The Morgan fingerprint density at radius 3 is 2.50 bits per heavy atom. The third-order valence-corrected chi connectivity index (χ3v) is 4.25. The number of benzene rings is 2. The Kier molecular flexibility index (Phi) is 4.53. The second kappa shape index (κ2) is 6.61. The zero-order valence-corrected chi connectivity index (χ0v) is 15.0. The van der Waals surface area contributed by atoms with Gasteiger partial charge in [-0.1, -0.05) is 52.3 Å². The fourth-order valence-electron chi connectivity index (χ4n) is 2.80. The maximum absolute atomic E-state index is 13.0. The number of hydrogen-bond acceptors (Lipinski definition) is 3. The molecule has 2 aromatic rings. The summed E-state index contributed by atoms with van der Waals surface area (Å²) >= 11 is 3.40. The smallest absolute Gasteiger partial charge is 0.269 e. The zero-order valence-electron chi connectivity index (χ0n) is 13.4. The van der Waals surface area contributed by atoms with Gasteiger partial charge in [-0.25, -0.2) is 4.90 Å². The lowest BCUT2D eigenvalue weighted by Gasteiger charge is -2.13. The Hall–Kier alpha value is -2.40. The quantitative estimate of drug-likeness (QED) is 0.586. The molecule has 0 fully saturated rings. The predicted octanol–water partition coefficient (Wildman–Crippen LogP) is 4.25. The lowest BCUT2D eigenvalue weighted by Crippen LogP contribution is -2.31. The number of halogens is 1. The van der Waals surface area contributed by atoms with Crippen LogP contribution in [0.15, 0.2) is 53.0 Å². The second-order valence-corrected chi connectivity index (χ2v) is 6.24. The number of carbonyl (C=O) groups is 2. The number of amides is 2. The molecule has 2 amide bonds. The maximum atomic E-state index is 13.0. The first-order valence-corrected chi connectivity index (χ1v) is 8.41. The summed E-state index contributed by atoms with van der Waals surface area (Å²) in [5.41, 5.74) is 2.50. The third kappa shape index (κ3) is 2.76. The molecule has 4 nitrogen and oxygen atoms in total. The Bertz CT molecular complexity index is 843. The molecule has 0 saturated heterocycles. The lowest BCUT2D eigenvalue weighted by molar-refractivity contribution is -0.122. The van der Waals surface area contributed by atoms with Crippen molar-refractivity contribution in [1.29, 1.82) is 0 Å². The van der Waals surface area contributed by atoms with Gasteiger partial charge in [-0.15, -0.1) is 0 Å². The van der Waals surface area contributed by atoms with Crippen LogP contribution in [0.25, 0.3) is 11.3 Å². The fraction of sp³-hybridized carbons (Fsp3) is 0.158. The molecule has 1 heterocycles. The molecule has 0 unspecified atom stereocenters. The van der Waals surface area contributed by atoms with Gasteiger partial charge in [0.1, 0.15) is 5.76 Å². The van der Waals surface area contributed by atoms with Crippen LogP contribution in [0.2, 0.25) is 0 Å². The fourth-order valence-corrected chi connectivity index (χ4v) is 3.15. The van der Waals surface area contributed by atoms with E-state index in [1.807, 2.05) is 49.4 Å². The number of ether oxygens (including phenoxy) is 1. The van der Waals surface area contributed by atoms with Gasteiger partial charge in [0, 0.05) is 22.5 Å². The number of nitrogens with zero attached hydrogens (tertiary/aromatic N) is 1. The van der Waals surface area contributed by atoms with Crippen LogP contribution in [0.1, 0.15) is 25.0 Å². The van der Waals surface area contributed by atoms with Crippen molar-refractivity contribution in [1.82, 2.24) is 0 Å². The van der Waals surface area contributed by atoms with E-state index in [-0.39, 0.29) is 11.8 Å². The summed E-state index contributed by atoms with van der Waals surface area (Å²) in [7, 11) is 0. The van der Waals surface area contributed by atoms with Crippen LogP contribution in [-0.2, 0) is 14.3 Å². The van der Waals surface area contributed by atoms with E-state index in [0.29, 0.717) is 29.2 Å². The third-order valence-electron chi connectivity index (χ3n) is 3.75. The molecule has 122 valence electrons. The Labute approximate surface area is 148 Å². The van der Waals surface area contributed by atoms with Crippen molar-refractivity contribution in [2.75, 3.05) is 11.5 Å². The first-order chi connectivity index (χ1) is 11.5. The molecule has 1 aliphatic heterocycles. The van der Waals surface area contributed by atoms with Gasteiger partial charge in [-0.2, -0.15) is 0 Å². The normalized spacial score (nSPS) is 15.3. The maximum Gasteiger partial charge on any atom is 0.269 e. The van der Waals surface area contributed by atoms with Crippen LogP contribution in [0, 0.1) is 0 Å². The van der Waals surface area contributed by atoms with Crippen molar-refractivity contribution < 1.29 is 14.3 Å². The van der Waals surface area contributed by atoms with Gasteiger partial charge in [0.2, 0.25) is 5.91 Å². The number of imide groups is 1. The van der Waals surface area contributed by atoms with Gasteiger partial charge < -0.3 is 4.74 Å². The molecule has 0 radical (unpaired) electrons. The predicted molar refractivity (Wildman–Crippen MR) is 97.2 cm³/mol. The molecular formula is C19H16BrNO3. The van der Waals surface area contributed by atoms with Gasteiger partial charge in [-0.05, 0) is 19.1 Å². The minimum Gasteiger partial charge on any atom is -0.492 e. The van der Waals surface area contributed by atoms with Gasteiger partial charge in [-0.3, -0.25) is 9.59 Å². The highest BCUT2D eigenvalue weighted by molar-refractivity contribution is 9.10. The first kappa shape index (κ1) is 16.5. The van der Waals surface area contributed by atoms with Crippen molar-refractivity contribution >= 4 is 44.8 Å². The summed E-state index contributed by atoms with van der Waals surface area (Å²) in [5.74, 6) is -0.184. The molecule has 0 atom stereocenters. The summed E-state index contributed by atoms with van der Waals surface area (Å²) in [5, 5.41) is 0. The van der Waals surface area contributed by atoms with Crippen molar-refractivity contribution in [3.05, 3.63) is 64.1 Å². The highest BCUT2D eigenvalue weighted by atomic mass is 79.9. The molecule has 24 heavy (non-hydrogen) atoms. The molecule has 0 N–H and O–H groups in total. The topological polar surface area (TPSA) is 46.6 Å². The molecule has 1 aliphatic rings. The SMILES string of the molecule is CCO/C(=C1/C(=O)N(C(C)=O)c2cc(Br)ccc21)c1ccccc1. The van der Waals surface area contributed by atoms with Crippen LogP contribution < -0.4 is 4.90 Å². The van der Waals surface area contributed by atoms with Gasteiger partial charge >= 0.3 is 0 Å². The molecule has 5 heteroatoms. The molecular weight excluding hydrogens is 370 g/mol. The monoisotopic (exact) mass is 385 g/mol. The minimum atomic E-state index is -0.358. The molecule has 0 aromatic heterocycles. The Balaban J connectivity index is 2.29. The van der Waals surface area contributed by atoms with E-state index in [1.54, 1.807) is 6.07 Å². The number of anilines is 1. The van der Waals surface area contributed by atoms with Crippen LogP contribution in [0.4, 0.5) is 5.69 Å². The highest BCUT2D eigenvalue weighted by Crippen LogP contribution is 2.42. The Morgan fingerprint density at radius 2 is 1.88 bits per heavy atom. The minimum absolute atomic E-state index is 0.321. The van der Waals surface area contributed by atoms with Crippen LogP contribution in [0.3, 0.4) is 0 Å².